The van der Waals surface area contributed by atoms with Gasteiger partial charge in [0.1, 0.15) is 6.61 Å². The number of hydrogen-bond donors (Lipinski definition) is 0. The fourth-order valence-electron chi connectivity index (χ4n) is 2.67. The second kappa shape index (κ2) is 7.57. The molecule has 0 amide bonds. The number of benzene rings is 2. The van der Waals surface area contributed by atoms with Gasteiger partial charge >= 0.3 is 5.69 Å². The van der Waals surface area contributed by atoms with E-state index >= 15 is 0 Å². The van der Waals surface area contributed by atoms with E-state index in [0.717, 1.165) is 15.9 Å². The minimum atomic E-state index is -0.362. The monoisotopic (exact) mass is 413 g/mol. The number of ether oxygens (including phenoxy) is 1. The van der Waals surface area contributed by atoms with Crippen LogP contribution in [0.4, 0.5) is 0 Å². The number of nitrogens with zero attached hydrogens (tertiary/aromatic N) is 5. The van der Waals surface area contributed by atoms with Crippen molar-refractivity contribution in [2.75, 3.05) is 0 Å². The first-order valence-corrected chi connectivity index (χ1v) is 9.71. The minimum absolute atomic E-state index is 0.152. The predicted molar refractivity (Wildman–Crippen MR) is 108 cm³/mol. The van der Waals surface area contributed by atoms with Crippen LogP contribution in [0.3, 0.4) is 0 Å². The lowest BCUT2D eigenvalue weighted by Gasteiger charge is -2.10. The Labute approximate surface area is 169 Å². The Morgan fingerprint density at radius 1 is 1.14 bits per heavy atom. The molecule has 0 saturated heterocycles. The van der Waals surface area contributed by atoms with E-state index in [1.165, 1.54) is 28.6 Å². The normalized spacial score (nSPS) is 11.0. The SMILES string of the molecule is Cc1ccc(-c2csc(OCc3c(Cl)cccc3-n3nnn(C)c3=O)n2)cc1. The second-order valence-corrected chi connectivity index (χ2v) is 7.42. The summed E-state index contributed by atoms with van der Waals surface area (Å²) in [6.45, 7) is 2.20. The Morgan fingerprint density at radius 3 is 2.64 bits per heavy atom. The first kappa shape index (κ1) is 18.4. The lowest BCUT2D eigenvalue weighted by atomic mass is 10.1. The van der Waals surface area contributed by atoms with Crippen LogP contribution < -0.4 is 10.4 Å². The van der Waals surface area contributed by atoms with E-state index in [1.54, 1.807) is 18.2 Å². The van der Waals surface area contributed by atoms with Crippen LogP contribution in [0.5, 0.6) is 5.19 Å². The van der Waals surface area contributed by atoms with Crippen molar-refractivity contribution in [1.82, 2.24) is 24.8 Å². The third-order valence-corrected chi connectivity index (χ3v) is 5.32. The molecule has 7 nitrogen and oxygen atoms in total. The van der Waals surface area contributed by atoms with E-state index in [4.69, 9.17) is 16.3 Å². The van der Waals surface area contributed by atoms with Crippen LogP contribution in [0.1, 0.15) is 11.1 Å². The first-order valence-electron chi connectivity index (χ1n) is 8.45. The molecule has 9 heteroatoms. The zero-order valence-electron chi connectivity index (χ0n) is 15.2. The number of rotatable bonds is 5. The van der Waals surface area contributed by atoms with Crippen LogP contribution in [0, 0.1) is 6.92 Å². The zero-order valence-corrected chi connectivity index (χ0v) is 16.7. The summed E-state index contributed by atoms with van der Waals surface area (Å²) in [5.74, 6) is 0. The van der Waals surface area contributed by atoms with Gasteiger partial charge in [-0.1, -0.05) is 58.8 Å². The van der Waals surface area contributed by atoms with Gasteiger partial charge in [-0.3, -0.25) is 0 Å². The zero-order chi connectivity index (χ0) is 19.7. The molecule has 142 valence electrons. The lowest BCUT2D eigenvalue weighted by molar-refractivity contribution is 0.304. The Hall–Kier alpha value is -2.97. The van der Waals surface area contributed by atoms with Crippen molar-refractivity contribution in [1.29, 1.82) is 0 Å². The van der Waals surface area contributed by atoms with E-state index in [1.807, 2.05) is 36.6 Å². The van der Waals surface area contributed by atoms with E-state index in [2.05, 4.69) is 15.4 Å². The molecular weight excluding hydrogens is 398 g/mol. The van der Waals surface area contributed by atoms with Gasteiger partial charge in [-0.25, -0.2) is 9.78 Å². The van der Waals surface area contributed by atoms with Crippen LogP contribution in [0.25, 0.3) is 16.9 Å². The second-order valence-electron chi connectivity index (χ2n) is 6.19. The number of tetrazole rings is 1. The number of halogens is 1. The van der Waals surface area contributed by atoms with Crippen molar-refractivity contribution in [3.05, 3.63) is 74.5 Å². The van der Waals surface area contributed by atoms with Crippen LogP contribution in [-0.4, -0.2) is 24.8 Å². The van der Waals surface area contributed by atoms with Gasteiger partial charge in [0.15, 0.2) is 0 Å². The van der Waals surface area contributed by atoms with Crippen molar-refractivity contribution < 1.29 is 4.74 Å². The summed E-state index contributed by atoms with van der Waals surface area (Å²) in [7, 11) is 1.54. The highest BCUT2D eigenvalue weighted by atomic mass is 35.5. The third-order valence-electron chi connectivity index (χ3n) is 4.21. The van der Waals surface area contributed by atoms with Crippen molar-refractivity contribution in [3.8, 4) is 22.1 Å². The smallest absolute Gasteiger partial charge is 0.368 e. The third kappa shape index (κ3) is 3.56. The molecule has 4 rings (SSSR count). The fraction of sp³-hybridized carbons (Fsp3) is 0.158. The molecule has 0 saturated carbocycles. The van der Waals surface area contributed by atoms with Crippen LogP contribution in [0.15, 0.2) is 52.6 Å². The van der Waals surface area contributed by atoms with Crippen LogP contribution in [-0.2, 0) is 13.7 Å². The van der Waals surface area contributed by atoms with E-state index in [9.17, 15) is 4.79 Å². The van der Waals surface area contributed by atoms with Gasteiger partial charge in [-0.15, -0.1) is 0 Å². The number of thiazole rings is 1. The average molecular weight is 414 g/mol. The molecule has 2 aromatic heterocycles. The number of aromatic nitrogens is 5. The molecule has 2 aromatic carbocycles. The average Bonchev–Trinajstić information content (AvgIpc) is 3.29. The maximum Gasteiger partial charge on any atom is 0.368 e. The standard InChI is InChI=1S/C19H16ClN5O2S/c1-12-6-8-13(9-7-12)16-11-28-18(21-16)27-10-14-15(20)4-3-5-17(14)25-19(26)24(2)22-23-25/h3-9,11H,10H2,1-2H3. The van der Waals surface area contributed by atoms with Gasteiger partial charge in [0.25, 0.3) is 5.19 Å². The molecule has 0 bridgehead atoms. The minimum Gasteiger partial charge on any atom is -0.465 e. The molecule has 0 aliphatic heterocycles. The number of hydrogen-bond acceptors (Lipinski definition) is 6. The molecule has 0 aliphatic carbocycles. The van der Waals surface area contributed by atoms with E-state index in [0.29, 0.717) is 21.5 Å². The molecule has 0 unspecified atom stereocenters. The maximum absolute atomic E-state index is 12.2. The topological polar surface area (TPSA) is 74.8 Å². The molecule has 28 heavy (non-hydrogen) atoms. The lowest BCUT2D eigenvalue weighted by Crippen LogP contribution is -2.23. The van der Waals surface area contributed by atoms with E-state index < -0.39 is 0 Å². The first-order chi connectivity index (χ1) is 13.5. The molecule has 0 aliphatic rings. The maximum atomic E-state index is 12.2. The van der Waals surface area contributed by atoms with Gasteiger partial charge in [0, 0.05) is 28.6 Å². The molecule has 0 N–H and O–H groups in total. The summed E-state index contributed by atoms with van der Waals surface area (Å²) in [4.78, 5) is 16.7. The Bertz CT molecular complexity index is 1180. The van der Waals surface area contributed by atoms with Crippen LogP contribution in [0.2, 0.25) is 5.02 Å². The number of aryl methyl sites for hydroxylation is 2. The van der Waals surface area contributed by atoms with Gasteiger partial charge in [0.05, 0.1) is 11.4 Å². The van der Waals surface area contributed by atoms with Gasteiger partial charge < -0.3 is 4.74 Å². The molecule has 0 fully saturated rings. The van der Waals surface area contributed by atoms with E-state index in [-0.39, 0.29) is 12.3 Å². The molecule has 2 heterocycles. The highest BCUT2D eigenvalue weighted by Gasteiger charge is 2.15. The Kier molecular flexibility index (Phi) is 4.97. The molecule has 4 aromatic rings. The quantitative estimate of drug-likeness (QED) is 0.499. The van der Waals surface area contributed by atoms with Crippen LogP contribution >= 0.6 is 22.9 Å². The fourth-order valence-corrected chi connectivity index (χ4v) is 3.57. The largest absolute Gasteiger partial charge is 0.465 e. The molecule has 0 spiro atoms. The van der Waals surface area contributed by atoms with Crippen molar-refractivity contribution in [3.63, 3.8) is 0 Å². The summed E-state index contributed by atoms with van der Waals surface area (Å²) in [6, 6.07) is 13.4. The Balaban J connectivity index is 1.58. The van der Waals surface area contributed by atoms with Crippen molar-refractivity contribution in [2.45, 2.75) is 13.5 Å². The summed E-state index contributed by atoms with van der Waals surface area (Å²) in [5, 5.41) is 10.6. The van der Waals surface area contributed by atoms with Gasteiger partial charge in [0.2, 0.25) is 0 Å². The summed E-state index contributed by atoms with van der Waals surface area (Å²) < 4.78 is 8.21. The highest BCUT2D eigenvalue weighted by molar-refractivity contribution is 7.11. The van der Waals surface area contributed by atoms with Crippen molar-refractivity contribution in [2.24, 2.45) is 7.05 Å². The molecule has 0 radical (unpaired) electrons. The predicted octanol–water partition coefficient (Wildman–Crippen LogP) is 3.63. The Morgan fingerprint density at radius 2 is 1.93 bits per heavy atom. The van der Waals surface area contributed by atoms with Crippen molar-refractivity contribution >= 4 is 22.9 Å². The summed E-state index contributed by atoms with van der Waals surface area (Å²) >= 11 is 7.76. The summed E-state index contributed by atoms with van der Waals surface area (Å²) in [5.41, 5.74) is 3.88. The van der Waals surface area contributed by atoms with Gasteiger partial charge in [-0.2, -0.15) is 9.36 Å². The molecular formula is C19H16ClN5O2S. The molecule has 0 atom stereocenters. The van der Waals surface area contributed by atoms with Gasteiger partial charge in [-0.05, 0) is 29.5 Å². The summed E-state index contributed by atoms with van der Waals surface area (Å²) in [6.07, 6.45) is 0. The highest BCUT2D eigenvalue weighted by Crippen LogP contribution is 2.29.